The molecule has 0 saturated carbocycles. The Labute approximate surface area is 168 Å². The number of hydrogen-bond donors (Lipinski definition) is 1. The quantitative estimate of drug-likeness (QED) is 0.608. The summed E-state index contributed by atoms with van der Waals surface area (Å²) < 4.78 is 50.8. The van der Waals surface area contributed by atoms with Gasteiger partial charge in [0.2, 0.25) is 0 Å². The van der Waals surface area contributed by atoms with E-state index in [1.807, 2.05) is 6.92 Å². The van der Waals surface area contributed by atoms with Crippen molar-refractivity contribution in [1.82, 2.24) is 4.98 Å². The van der Waals surface area contributed by atoms with E-state index < -0.39 is 17.8 Å². The number of benzene rings is 1. The molecule has 2 rings (SSSR count). The van der Waals surface area contributed by atoms with Crippen LogP contribution in [0.25, 0.3) is 11.1 Å². The Kier molecular flexibility index (Phi) is 7.47. The number of nitrogens with one attached hydrogen (secondary N) is 1. The number of nitrogens with zero attached hydrogens (tertiary/aromatic N) is 1. The minimum atomic E-state index is -4.56. The molecule has 0 spiro atoms. The van der Waals surface area contributed by atoms with Gasteiger partial charge < -0.3 is 9.47 Å². The van der Waals surface area contributed by atoms with Crippen LogP contribution in [-0.2, 0) is 10.9 Å². The summed E-state index contributed by atoms with van der Waals surface area (Å²) in [5, 5.41) is 2.39. The molecule has 0 fully saturated rings. The van der Waals surface area contributed by atoms with E-state index in [-0.39, 0.29) is 24.1 Å². The number of carbonyl (C=O) groups is 1. The van der Waals surface area contributed by atoms with Crippen molar-refractivity contribution in [3.8, 4) is 16.9 Å². The zero-order valence-electron chi connectivity index (χ0n) is 16.8. The number of methoxy groups -OCH3 is 1. The smallest absolute Gasteiger partial charge is 0.419 e. The van der Waals surface area contributed by atoms with Gasteiger partial charge in [-0.05, 0) is 53.6 Å². The highest BCUT2D eigenvalue weighted by atomic mass is 19.4. The molecule has 0 bridgehead atoms. The van der Waals surface area contributed by atoms with Crippen molar-refractivity contribution in [1.29, 1.82) is 0 Å². The van der Waals surface area contributed by atoms with Crippen molar-refractivity contribution in [3.63, 3.8) is 0 Å². The van der Waals surface area contributed by atoms with Crippen molar-refractivity contribution in [2.45, 2.75) is 33.4 Å². The number of carbonyl (C=O) groups excluding carboxylic acids is 1. The molecule has 1 aromatic carbocycles. The topological polar surface area (TPSA) is 60.5 Å². The van der Waals surface area contributed by atoms with Gasteiger partial charge in [-0.25, -0.2) is 9.78 Å². The Hall–Kier alpha value is -2.77. The van der Waals surface area contributed by atoms with Gasteiger partial charge in [0, 0.05) is 6.20 Å². The maximum Gasteiger partial charge on any atom is 0.419 e. The molecular formula is C21H25F3N2O3. The first-order valence-corrected chi connectivity index (χ1v) is 9.25. The van der Waals surface area contributed by atoms with Crippen LogP contribution < -0.4 is 10.1 Å². The van der Waals surface area contributed by atoms with Crippen LogP contribution in [0.2, 0.25) is 0 Å². The van der Waals surface area contributed by atoms with E-state index in [0.717, 1.165) is 12.5 Å². The summed E-state index contributed by atoms with van der Waals surface area (Å²) in [5.41, 5.74) is -0.0436. The van der Waals surface area contributed by atoms with Crippen LogP contribution >= 0.6 is 0 Å². The second-order valence-electron chi connectivity index (χ2n) is 7.30. The summed E-state index contributed by atoms with van der Waals surface area (Å²) in [7, 11) is 1.20. The molecule has 0 aliphatic carbocycles. The number of halogens is 3. The van der Waals surface area contributed by atoms with Crippen LogP contribution in [0.4, 0.5) is 23.8 Å². The molecule has 158 valence electrons. The summed E-state index contributed by atoms with van der Waals surface area (Å²) in [4.78, 5) is 15.3. The third-order valence-electron chi connectivity index (χ3n) is 4.19. The van der Waals surface area contributed by atoms with Gasteiger partial charge in [0.15, 0.2) is 0 Å². The minimum absolute atomic E-state index is 0.142. The maximum absolute atomic E-state index is 13.6. The molecule has 0 radical (unpaired) electrons. The van der Waals surface area contributed by atoms with Crippen molar-refractivity contribution >= 4 is 11.9 Å². The summed E-state index contributed by atoms with van der Waals surface area (Å²) in [6.07, 6.45) is -3.02. The monoisotopic (exact) mass is 410 g/mol. The lowest BCUT2D eigenvalue weighted by Crippen LogP contribution is -2.14. The van der Waals surface area contributed by atoms with Gasteiger partial charge in [-0.2, -0.15) is 13.2 Å². The molecular weight excluding hydrogens is 385 g/mol. The average Bonchev–Trinajstić information content (AvgIpc) is 2.65. The third kappa shape index (κ3) is 6.66. The number of anilines is 1. The first-order valence-electron chi connectivity index (χ1n) is 9.25. The van der Waals surface area contributed by atoms with Crippen LogP contribution in [0.5, 0.6) is 5.75 Å². The Morgan fingerprint density at radius 1 is 1.14 bits per heavy atom. The lowest BCUT2D eigenvalue weighted by atomic mass is 9.99. The Bertz CT molecular complexity index is 838. The zero-order valence-corrected chi connectivity index (χ0v) is 16.8. The molecule has 0 saturated heterocycles. The molecule has 1 atom stereocenters. The number of ether oxygens (including phenoxy) is 2. The first-order chi connectivity index (χ1) is 13.6. The number of hydrogen-bond acceptors (Lipinski definition) is 4. The van der Waals surface area contributed by atoms with Crippen LogP contribution in [0.3, 0.4) is 0 Å². The van der Waals surface area contributed by atoms with E-state index in [2.05, 4.69) is 28.9 Å². The zero-order chi connectivity index (χ0) is 21.6. The van der Waals surface area contributed by atoms with Crippen LogP contribution in [0.15, 0.2) is 36.5 Å². The molecule has 1 aromatic heterocycles. The third-order valence-corrected chi connectivity index (χ3v) is 4.19. The predicted molar refractivity (Wildman–Crippen MR) is 105 cm³/mol. The van der Waals surface area contributed by atoms with Crippen molar-refractivity contribution in [2.24, 2.45) is 11.8 Å². The molecule has 1 amide bonds. The SMILES string of the molecule is COC(=O)Nc1cc(-c2ccc(OCC(C)CC(C)C)c(C(F)(F)F)c2)ccn1. The van der Waals surface area contributed by atoms with Crippen LogP contribution in [0.1, 0.15) is 32.8 Å². The molecule has 1 heterocycles. The highest BCUT2D eigenvalue weighted by Crippen LogP contribution is 2.39. The van der Waals surface area contributed by atoms with E-state index in [9.17, 15) is 18.0 Å². The Balaban J connectivity index is 2.29. The van der Waals surface area contributed by atoms with Crippen LogP contribution in [0, 0.1) is 11.8 Å². The number of rotatable bonds is 7. The molecule has 2 aromatic rings. The van der Waals surface area contributed by atoms with E-state index >= 15 is 0 Å². The fourth-order valence-corrected chi connectivity index (χ4v) is 3.00. The molecule has 5 nitrogen and oxygen atoms in total. The molecule has 0 aliphatic rings. The fourth-order valence-electron chi connectivity index (χ4n) is 3.00. The van der Waals surface area contributed by atoms with Gasteiger partial charge in [0.25, 0.3) is 0 Å². The van der Waals surface area contributed by atoms with Gasteiger partial charge in [-0.3, -0.25) is 5.32 Å². The lowest BCUT2D eigenvalue weighted by molar-refractivity contribution is -0.139. The minimum Gasteiger partial charge on any atom is -0.493 e. The van der Waals surface area contributed by atoms with E-state index in [4.69, 9.17) is 4.74 Å². The summed E-state index contributed by atoms with van der Waals surface area (Å²) >= 11 is 0. The summed E-state index contributed by atoms with van der Waals surface area (Å²) in [5.74, 6) is 0.560. The van der Waals surface area contributed by atoms with Crippen molar-refractivity contribution < 1.29 is 27.4 Å². The van der Waals surface area contributed by atoms with Gasteiger partial charge >= 0.3 is 12.3 Å². The van der Waals surface area contributed by atoms with E-state index in [0.29, 0.717) is 17.0 Å². The summed E-state index contributed by atoms with van der Waals surface area (Å²) in [6, 6.07) is 6.95. The van der Waals surface area contributed by atoms with E-state index in [1.54, 1.807) is 12.1 Å². The largest absolute Gasteiger partial charge is 0.493 e. The number of aromatic nitrogens is 1. The maximum atomic E-state index is 13.6. The molecule has 0 aliphatic heterocycles. The first kappa shape index (κ1) is 22.5. The standard InChI is InChI=1S/C21H25F3N2O3/c1-13(2)9-14(3)12-29-18-6-5-15(10-17(18)21(22,23)24)16-7-8-25-19(11-16)26-20(27)28-4/h5-8,10-11,13-14H,9,12H2,1-4H3,(H,25,26,27). The van der Waals surface area contributed by atoms with Crippen molar-refractivity contribution in [3.05, 3.63) is 42.1 Å². The van der Waals surface area contributed by atoms with Crippen molar-refractivity contribution in [2.75, 3.05) is 19.0 Å². The predicted octanol–water partition coefficient (Wildman–Crippen LogP) is 6.01. The lowest BCUT2D eigenvalue weighted by Gasteiger charge is -2.19. The van der Waals surface area contributed by atoms with Gasteiger partial charge in [0.05, 0.1) is 19.3 Å². The molecule has 29 heavy (non-hydrogen) atoms. The number of alkyl halides is 3. The highest BCUT2D eigenvalue weighted by molar-refractivity contribution is 5.84. The molecule has 8 heteroatoms. The second-order valence-corrected chi connectivity index (χ2v) is 7.30. The second kappa shape index (κ2) is 9.62. The number of pyridine rings is 1. The van der Waals surface area contributed by atoms with Crippen LogP contribution in [-0.4, -0.2) is 24.8 Å². The normalized spacial score (nSPS) is 12.6. The van der Waals surface area contributed by atoms with Gasteiger partial charge in [-0.15, -0.1) is 0 Å². The molecule has 1 N–H and O–H groups in total. The number of amides is 1. The highest BCUT2D eigenvalue weighted by Gasteiger charge is 2.35. The van der Waals surface area contributed by atoms with E-state index in [1.165, 1.54) is 25.4 Å². The molecule has 1 unspecified atom stereocenters. The average molecular weight is 410 g/mol. The van der Waals surface area contributed by atoms with Gasteiger partial charge in [0.1, 0.15) is 11.6 Å². The Morgan fingerprint density at radius 2 is 1.83 bits per heavy atom. The fraction of sp³-hybridized carbons (Fsp3) is 0.429. The Morgan fingerprint density at radius 3 is 2.45 bits per heavy atom. The summed E-state index contributed by atoms with van der Waals surface area (Å²) in [6.45, 7) is 6.28. The van der Waals surface area contributed by atoms with Gasteiger partial charge in [-0.1, -0.05) is 26.8 Å².